The lowest BCUT2D eigenvalue weighted by atomic mass is 10.1. The second-order valence-electron chi connectivity index (χ2n) is 5.04. The molecule has 0 radical (unpaired) electrons. The number of aromatic nitrogens is 3. The van der Waals surface area contributed by atoms with Gasteiger partial charge in [-0.2, -0.15) is 0 Å². The Labute approximate surface area is 128 Å². The molecule has 0 bridgehead atoms. The van der Waals surface area contributed by atoms with Gasteiger partial charge in [0.2, 0.25) is 15.9 Å². The smallest absolute Gasteiger partial charge is 0.246 e. The number of carbonyl (C=O) groups excluding carboxylic acids is 1. The summed E-state index contributed by atoms with van der Waals surface area (Å²) in [7, 11) is -3.42. The molecule has 22 heavy (non-hydrogen) atoms. The predicted octanol–water partition coefficient (Wildman–Crippen LogP) is 0.905. The summed E-state index contributed by atoms with van der Waals surface area (Å²) in [6, 6.07) is 5.71. The van der Waals surface area contributed by atoms with Gasteiger partial charge in [0.05, 0.1) is 12.5 Å². The summed E-state index contributed by atoms with van der Waals surface area (Å²) < 4.78 is 25.6. The minimum Gasteiger partial charge on any atom is -0.324 e. The highest BCUT2D eigenvalue weighted by Crippen LogP contribution is 2.16. The molecule has 0 saturated carbocycles. The van der Waals surface area contributed by atoms with Crippen molar-refractivity contribution in [3.63, 3.8) is 0 Å². The van der Waals surface area contributed by atoms with Crippen molar-refractivity contribution in [2.75, 3.05) is 16.3 Å². The SMILES string of the molecule is Cc1ccc(NC(=O)Cn2cc(NS(C)(=O)=O)nn2)c(C)c1. The number of carbonyl (C=O) groups is 1. The molecule has 0 aliphatic carbocycles. The van der Waals surface area contributed by atoms with E-state index in [0.29, 0.717) is 0 Å². The lowest BCUT2D eigenvalue weighted by Gasteiger charge is -2.08. The van der Waals surface area contributed by atoms with Crippen molar-refractivity contribution >= 4 is 27.4 Å². The molecule has 1 heterocycles. The largest absolute Gasteiger partial charge is 0.324 e. The van der Waals surface area contributed by atoms with Crippen molar-refractivity contribution in [2.24, 2.45) is 0 Å². The summed E-state index contributed by atoms with van der Waals surface area (Å²) >= 11 is 0. The maximum Gasteiger partial charge on any atom is 0.246 e. The molecule has 0 aliphatic heterocycles. The first kappa shape index (κ1) is 16.0. The fourth-order valence-corrected chi connectivity index (χ4v) is 2.38. The van der Waals surface area contributed by atoms with Crippen LogP contribution in [-0.4, -0.2) is 35.6 Å². The van der Waals surface area contributed by atoms with Gasteiger partial charge >= 0.3 is 0 Å². The molecule has 1 amide bonds. The molecule has 1 aromatic carbocycles. The van der Waals surface area contributed by atoms with Crippen LogP contribution in [0.3, 0.4) is 0 Å². The molecule has 2 aromatic rings. The molecular weight excluding hydrogens is 306 g/mol. The number of nitrogens with one attached hydrogen (secondary N) is 2. The molecule has 118 valence electrons. The molecule has 0 unspecified atom stereocenters. The van der Waals surface area contributed by atoms with Crippen LogP contribution in [0.25, 0.3) is 0 Å². The summed E-state index contributed by atoms with van der Waals surface area (Å²) in [6.45, 7) is 3.82. The van der Waals surface area contributed by atoms with Crippen LogP contribution < -0.4 is 10.0 Å². The van der Waals surface area contributed by atoms with E-state index < -0.39 is 10.0 Å². The van der Waals surface area contributed by atoms with Crippen LogP contribution in [0.2, 0.25) is 0 Å². The van der Waals surface area contributed by atoms with Gasteiger partial charge in [-0.25, -0.2) is 13.1 Å². The molecular formula is C13H17N5O3S. The number of nitrogens with zero attached hydrogens (tertiary/aromatic N) is 3. The van der Waals surface area contributed by atoms with E-state index in [2.05, 4.69) is 20.4 Å². The molecule has 1 aromatic heterocycles. The molecule has 0 spiro atoms. The monoisotopic (exact) mass is 323 g/mol. The van der Waals surface area contributed by atoms with Crippen LogP contribution in [-0.2, 0) is 21.4 Å². The van der Waals surface area contributed by atoms with Crippen LogP contribution >= 0.6 is 0 Å². The van der Waals surface area contributed by atoms with Crippen LogP contribution in [0, 0.1) is 13.8 Å². The van der Waals surface area contributed by atoms with Gasteiger partial charge in [-0.3, -0.25) is 9.52 Å². The quantitative estimate of drug-likeness (QED) is 0.850. The first-order valence-corrected chi connectivity index (χ1v) is 8.37. The number of rotatable bonds is 5. The van der Waals surface area contributed by atoms with Crippen molar-refractivity contribution in [2.45, 2.75) is 20.4 Å². The maximum absolute atomic E-state index is 12.0. The average molecular weight is 323 g/mol. The predicted molar refractivity (Wildman–Crippen MR) is 83.0 cm³/mol. The number of hydrogen-bond acceptors (Lipinski definition) is 5. The molecule has 2 rings (SSSR count). The fraction of sp³-hybridized carbons (Fsp3) is 0.308. The molecule has 0 aliphatic rings. The lowest BCUT2D eigenvalue weighted by molar-refractivity contribution is -0.116. The van der Waals surface area contributed by atoms with E-state index in [9.17, 15) is 13.2 Å². The highest BCUT2D eigenvalue weighted by atomic mass is 32.2. The number of sulfonamides is 1. The first-order chi connectivity index (χ1) is 10.2. The van der Waals surface area contributed by atoms with Gasteiger partial charge in [0, 0.05) is 5.69 Å². The minimum atomic E-state index is -3.42. The summed E-state index contributed by atoms with van der Waals surface area (Å²) in [5.74, 6) is -0.204. The second-order valence-corrected chi connectivity index (χ2v) is 6.79. The molecule has 8 nitrogen and oxygen atoms in total. The van der Waals surface area contributed by atoms with E-state index >= 15 is 0 Å². The minimum absolute atomic E-state index is 0.0637. The van der Waals surface area contributed by atoms with Gasteiger partial charge in [0.1, 0.15) is 6.54 Å². The Bertz CT molecular complexity index is 798. The number of amides is 1. The van der Waals surface area contributed by atoms with Gasteiger partial charge in [-0.05, 0) is 25.5 Å². The normalized spacial score (nSPS) is 11.2. The molecule has 0 atom stereocenters. The lowest BCUT2D eigenvalue weighted by Crippen LogP contribution is -2.19. The summed E-state index contributed by atoms with van der Waals surface area (Å²) in [6.07, 6.45) is 2.36. The van der Waals surface area contributed by atoms with Crippen LogP contribution in [0.1, 0.15) is 11.1 Å². The van der Waals surface area contributed by atoms with Gasteiger partial charge in [0.25, 0.3) is 0 Å². The van der Waals surface area contributed by atoms with E-state index in [0.717, 1.165) is 23.1 Å². The first-order valence-electron chi connectivity index (χ1n) is 6.48. The summed E-state index contributed by atoms with van der Waals surface area (Å²) in [5.41, 5.74) is 2.81. The third-order valence-corrected chi connectivity index (χ3v) is 3.37. The number of benzene rings is 1. The fourth-order valence-electron chi connectivity index (χ4n) is 1.90. The van der Waals surface area contributed by atoms with Crippen LogP contribution in [0.4, 0.5) is 11.5 Å². The van der Waals surface area contributed by atoms with Crippen LogP contribution in [0.15, 0.2) is 24.4 Å². The van der Waals surface area contributed by atoms with E-state index in [1.54, 1.807) is 0 Å². The number of hydrogen-bond donors (Lipinski definition) is 2. The average Bonchev–Trinajstić information content (AvgIpc) is 2.77. The zero-order chi connectivity index (χ0) is 16.3. The third-order valence-electron chi connectivity index (χ3n) is 2.79. The van der Waals surface area contributed by atoms with E-state index in [1.165, 1.54) is 10.9 Å². The van der Waals surface area contributed by atoms with Gasteiger partial charge in [0.15, 0.2) is 5.82 Å². The van der Waals surface area contributed by atoms with Crippen molar-refractivity contribution in [3.05, 3.63) is 35.5 Å². The second kappa shape index (κ2) is 6.14. The van der Waals surface area contributed by atoms with Crippen molar-refractivity contribution in [3.8, 4) is 0 Å². The highest BCUT2D eigenvalue weighted by Gasteiger charge is 2.10. The number of aryl methyl sites for hydroxylation is 2. The van der Waals surface area contributed by atoms with Crippen molar-refractivity contribution in [1.29, 1.82) is 0 Å². The Morgan fingerprint density at radius 2 is 2.05 bits per heavy atom. The Balaban J connectivity index is 2.00. The van der Waals surface area contributed by atoms with E-state index in [4.69, 9.17) is 0 Å². The van der Waals surface area contributed by atoms with Gasteiger partial charge < -0.3 is 5.32 Å². The summed E-state index contributed by atoms with van der Waals surface area (Å²) in [5, 5.41) is 10.1. The zero-order valence-electron chi connectivity index (χ0n) is 12.5. The maximum atomic E-state index is 12.0. The van der Waals surface area contributed by atoms with Gasteiger partial charge in [-0.15, -0.1) is 5.10 Å². The third kappa shape index (κ3) is 4.55. The Morgan fingerprint density at radius 3 is 2.68 bits per heavy atom. The van der Waals surface area contributed by atoms with Gasteiger partial charge in [-0.1, -0.05) is 22.9 Å². The van der Waals surface area contributed by atoms with Crippen molar-refractivity contribution < 1.29 is 13.2 Å². The van der Waals surface area contributed by atoms with E-state index in [1.807, 2.05) is 32.0 Å². The highest BCUT2D eigenvalue weighted by molar-refractivity contribution is 7.92. The molecule has 0 saturated heterocycles. The number of anilines is 2. The zero-order valence-corrected chi connectivity index (χ0v) is 13.3. The Morgan fingerprint density at radius 1 is 1.32 bits per heavy atom. The molecule has 9 heteroatoms. The Hall–Kier alpha value is -2.42. The van der Waals surface area contributed by atoms with Crippen molar-refractivity contribution in [1.82, 2.24) is 15.0 Å². The Kier molecular flexibility index (Phi) is 4.45. The standard InChI is InChI=1S/C13H17N5O3S/c1-9-4-5-11(10(2)6-9)14-13(19)8-18-7-12(15-17-18)16-22(3,20)21/h4-7,16H,8H2,1-3H3,(H,14,19). The van der Waals surface area contributed by atoms with Crippen LogP contribution in [0.5, 0.6) is 0 Å². The topological polar surface area (TPSA) is 106 Å². The van der Waals surface area contributed by atoms with E-state index in [-0.39, 0.29) is 18.3 Å². The summed E-state index contributed by atoms with van der Waals surface area (Å²) in [4.78, 5) is 12.0. The molecule has 2 N–H and O–H groups in total. The molecule has 0 fully saturated rings.